The van der Waals surface area contributed by atoms with Gasteiger partial charge in [-0.05, 0) is 24.6 Å². The Morgan fingerprint density at radius 1 is 1.58 bits per heavy atom. The molecule has 5 heteroatoms. The lowest BCUT2D eigenvalue weighted by atomic mass is 10.1. The van der Waals surface area contributed by atoms with Gasteiger partial charge in [0.15, 0.2) is 0 Å². The van der Waals surface area contributed by atoms with Crippen molar-refractivity contribution < 1.29 is 14.6 Å². The van der Waals surface area contributed by atoms with Crippen molar-refractivity contribution in [1.29, 1.82) is 0 Å². The topological polar surface area (TPSA) is 61.8 Å². The van der Waals surface area contributed by atoms with E-state index in [4.69, 9.17) is 9.84 Å². The van der Waals surface area contributed by atoms with Gasteiger partial charge in [-0.3, -0.25) is 4.79 Å². The molecule has 0 bridgehead atoms. The van der Waals surface area contributed by atoms with Crippen molar-refractivity contribution in [2.24, 2.45) is 0 Å². The molecule has 104 valence electrons. The summed E-state index contributed by atoms with van der Waals surface area (Å²) < 4.78 is 5.40. The van der Waals surface area contributed by atoms with E-state index in [9.17, 15) is 4.79 Å². The fraction of sp³-hybridized carbons (Fsp3) is 0.500. The van der Waals surface area contributed by atoms with Crippen LogP contribution in [0.15, 0.2) is 18.2 Å². The third-order valence-corrected chi connectivity index (χ3v) is 3.40. The van der Waals surface area contributed by atoms with E-state index >= 15 is 0 Å². The van der Waals surface area contributed by atoms with Crippen LogP contribution in [0.25, 0.3) is 0 Å². The quantitative estimate of drug-likeness (QED) is 0.857. The Labute approximate surface area is 113 Å². The van der Waals surface area contributed by atoms with Crippen molar-refractivity contribution in [2.45, 2.75) is 19.4 Å². The van der Waals surface area contributed by atoms with Crippen molar-refractivity contribution >= 4 is 11.7 Å². The van der Waals surface area contributed by atoms with E-state index < -0.39 is 5.97 Å². The van der Waals surface area contributed by atoms with E-state index in [0.29, 0.717) is 6.54 Å². The zero-order valence-corrected chi connectivity index (χ0v) is 11.3. The predicted molar refractivity (Wildman–Crippen MR) is 74.0 cm³/mol. The fourth-order valence-electron chi connectivity index (χ4n) is 2.49. The Hall–Kier alpha value is -1.75. The standard InChI is InChI=1S/C14H20N2O3/c1-10-3-4-13(19-2)12(7-10)16-6-5-15-9-11(16)8-14(17)18/h3-4,7,11,15H,5-6,8-9H2,1-2H3,(H,17,18). The van der Waals surface area contributed by atoms with Crippen LogP contribution >= 0.6 is 0 Å². The highest BCUT2D eigenvalue weighted by Gasteiger charge is 2.26. The molecular weight excluding hydrogens is 244 g/mol. The second-order valence-electron chi connectivity index (χ2n) is 4.82. The fourth-order valence-corrected chi connectivity index (χ4v) is 2.49. The largest absolute Gasteiger partial charge is 0.495 e. The molecule has 5 nitrogen and oxygen atoms in total. The van der Waals surface area contributed by atoms with Crippen molar-refractivity contribution in [3.63, 3.8) is 0 Å². The van der Waals surface area contributed by atoms with Gasteiger partial charge in [-0.15, -0.1) is 0 Å². The van der Waals surface area contributed by atoms with Crippen LogP contribution in [0.4, 0.5) is 5.69 Å². The number of nitrogens with one attached hydrogen (secondary N) is 1. The molecule has 1 aromatic rings. The number of hydrogen-bond acceptors (Lipinski definition) is 4. The van der Waals surface area contributed by atoms with Gasteiger partial charge in [0.25, 0.3) is 0 Å². The Balaban J connectivity index is 2.30. The summed E-state index contributed by atoms with van der Waals surface area (Å²) in [7, 11) is 1.64. The highest BCUT2D eigenvalue weighted by Crippen LogP contribution is 2.31. The van der Waals surface area contributed by atoms with Gasteiger partial charge < -0.3 is 20.1 Å². The number of rotatable bonds is 4. The number of piperazine rings is 1. The lowest BCUT2D eigenvalue weighted by Gasteiger charge is -2.38. The van der Waals surface area contributed by atoms with E-state index in [0.717, 1.165) is 30.1 Å². The Bertz CT molecular complexity index is 462. The number of ether oxygens (including phenoxy) is 1. The minimum atomic E-state index is -0.773. The first-order valence-electron chi connectivity index (χ1n) is 6.45. The van der Waals surface area contributed by atoms with Crippen LogP contribution in [-0.4, -0.2) is 43.9 Å². The minimum absolute atomic E-state index is 0.0399. The summed E-state index contributed by atoms with van der Waals surface area (Å²) in [6.07, 6.45) is 0.129. The number of aryl methyl sites for hydroxylation is 1. The summed E-state index contributed by atoms with van der Waals surface area (Å²) in [5, 5.41) is 12.3. The van der Waals surface area contributed by atoms with Crippen LogP contribution in [0.5, 0.6) is 5.75 Å². The number of carboxylic acids is 1. The number of anilines is 1. The third-order valence-electron chi connectivity index (χ3n) is 3.40. The van der Waals surface area contributed by atoms with E-state index in [1.807, 2.05) is 19.1 Å². The normalized spacial score (nSPS) is 19.3. The summed E-state index contributed by atoms with van der Waals surface area (Å²) in [6.45, 7) is 4.35. The van der Waals surface area contributed by atoms with Gasteiger partial charge in [0, 0.05) is 19.6 Å². The predicted octanol–water partition coefficient (Wildman–Crippen LogP) is 1.26. The summed E-state index contributed by atoms with van der Waals surface area (Å²) in [4.78, 5) is 13.1. The molecule has 0 aliphatic carbocycles. The van der Waals surface area contributed by atoms with Gasteiger partial charge in [-0.1, -0.05) is 6.07 Å². The lowest BCUT2D eigenvalue weighted by molar-refractivity contribution is -0.137. The van der Waals surface area contributed by atoms with Crippen LogP contribution in [-0.2, 0) is 4.79 Å². The van der Waals surface area contributed by atoms with Crippen LogP contribution in [0.1, 0.15) is 12.0 Å². The monoisotopic (exact) mass is 264 g/mol. The first kappa shape index (κ1) is 13.7. The van der Waals surface area contributed by atoms with Crippen molar-refractivity contribution in [3.05, 3.63) is 23.8 Å². The molecule has 1 heterocycles. The molecule has 0 radical (unpaired) electrons. The maximum atomic E-state index is 11.0. The van der Waals surface area contributed by atoms with E-state index in [1.54, 1.807) is 7.11 Å². The number of carboxylic acid groups (broad SMARTS) is 1. The van der Waals surface area contributed by atoms with Gasteiger partial charge in [-0.25, -0.2) is 0 Å². The SMILES string of the molecule is COc1ccc(C)cc1N1CCNCC1CC(=O)O. The number of methoxy groups -OCH3 is 1. The molecule has 0 spiro atoms. The summed E-state index contributed by atoms with van der Waals surface area (Å²) in [5.74, 6) is 0.0215. The molecule has 1 aromatic carbocycles. The second kappa shape index (κ2) is 5.93. The van der Waals surface area contributed by atoms with Crippen LogP contribution in [0.3, 0.4) is 0 Å². The molecule has 1 aliphatic rings. The maximum absolute atomic E-state index is 11.0. The first-order chi connectivity index (χ1) is 9.11. The Morgan fingerprint density at radius 3 is 3.05 bits per heavy atom. The first-order valence-corrected chi connectivity index (χ1v) is 6.45. The molecule has 2 rings (SSSR count). The highest BCUT2D eigenvalue weighted by atomic mass is 16.5. The molecule has 2 N–H and O–H groups in total. The molecular formula is C14H20N2O3. The minimum Gasteiger partial charge on any atom is -0.495 e. The van der Waals surface area contributed by atoms with Gasteiger partial charge in [-0.2, -0.15) is 0 Å². The molecule has 1 fully saturated rings. The molecule has 1 saturated heterocycles. The van der Waals surface area contributed by atoms with Crippen LogP contribution in [0, 0.1) is 6.92 Å². The Kier molecular flexibility index (Phi) is 4.27. The number of aliphatic carboxylic acids is 1. The van der Waals surface area contributed by atoms with Crippen LogP contribution in [0.2, 0.25) is 0 Å². The Morgan fingerprint density at radius 2 is 2.37 bits per heavy atom. The molecule has 0 amide bonds. The van der Waals surface area contributed by atoms with E-state index in [1.165, 1.54) is 0 Å². The number of carbonyl (C=O) groups is 1. The number of benzene rings is 1. The van der Waals surface area contributed by atoms with Crippen molar-refractivity contribution in [2.75, 3.05) is 31.6 Å². The van der Waals surface area contributed by atoms with E-state index in [2.05, 4.69) is 16.3 Å². The number of hydrogen-bond donors (Lipinski definition) is 2. The van der Waals surface area contributed by atoms with Gasteiger partial charge in [0.05, 0.1) is 25.3 Å². The molecule has 0 saturated carbocycles. The molecule has 19 heavy (non-hydrogen) atoms. The number of nitrogens with zero attached hydrogens (tertiary/aromatic N) is 1. The summed E-state index contributed by atoms with van der Waals surface area (Å²) in [6, 6.07) is 5.95. The zero-order chi connectivity index (χ0) is 13.8. The third kappa shape index (κ3) is 3.17. The zero-order valence-electron chi connectivity index (χ0n) is 11.3. The van der Waals surface area contributed by atoms with Crippen molar-refractivity contribution in [3.8, 4) is 5.75 Å². The average Bonchev–Trinajstić information content (AvgIpc) is 2.38. The van der Waals surface area contributed by atoms with Crippen LogP contribution < -0.4 is 15.0 Å². The van der Waals surface area contributed by atoms with Gasteiger partial charge >= 0.3 is 5.97 Å². The molecule has 1 atom stereocenters. The summed E-state index contributed by atoms with van der Waals surface area (Å²) >= 11 is 0. The lowest BCUT2D eigenvalue weighted by Crippen LogP contribution is -2.52. The smallest absolute Gasteiger partial charge is 0.305 e. The average molecular weight is 264 g/mol. The highest BCUT2D eigenvalue weighted by molar-refractivity contribution is 5.70. The van der Waals surface area contributed by atoms with Gasteiger partial charge in [0.1, 0.15) is 5.75 Å². The van der Waals surface area contributed by atoms with Gasteiger partial charge in [0.2, 0.25) is 0 Å². The molecule has 0 aromatic heterocycles. The second-order valence-corrected chi connectivity index (χ2v) is 4.82. The summed E-state index contributed by atoms with van der Waals surface area (Å²) in [5.41, 5.74) is 2.12. The molecule has 1 unspecified atom stereocenters. The van der Waals surface area contributed by atoms with E-state index in [-0.39, 0.29) is 12.5 Å². The van der Waals surface area contributed by atoms with Crippen molar-refractivity contribution in [1.82, 2.24) is 5.32 Å². The maximum Gasteiger partial charge on any atom is 0.305 e. The molecule has 1 aliphatic heterocycles.